The Kier molecular flexibility index (Phi) is 3.39. The number of hydrogen-bond acceptors (Lipinski definition) is 1. The first-order chi connectivity index (χ1) is 6.41. The quantitative estimate of drug-likeness (QED) is 0.655. The lowest BCUT2D eigenvalue weighted by Gasteiger charge is -2.08. The number of halogens is 5. The van der Waals surface area contributed by atoms with E-state index in [1.54, 1.807) is 0 Å². The molecular weight excluding hydrogens is 238 g/mol. The maximum atomic E-state index is 12.3. The summed E-state index contributed by atoms with van der Waals surface area (Å²) in [5.41, 5.74) is -1.15. The summed E-state index contributed by atoms with van der Waals surface area (Å²) >= 11 is 10.4. The molecule has 76 valence electrons. The van der Waals surface area contributed by atoms with Crippen LogP contribution in [-0.4, -0.2) is 4.63 Å². The van der Waals surface area contributed by atoms with Gasteiger partial charge in [-0.3, -0.25) is 0 Å². The Balaban J connectivity index is 3.24. The second kappa shape index (κ2) is 4.19. The van der Waals surface area contributed by atoms with E-state index in [-0.39, 0.29) is 5.69 Å². The highest BCUT2D eigenvalue weighted by Gasteiger charge is 2.33. The lowest BCUT2D eigenvalue weighted by molar-refractivity contribution is -0.137. The molecule has 0 heterocycles. The molecular formula is C8H4Cl2F3N. The van der Waals surface area contributed by atoms with Crippen LogP contribution in [0.5, 0.6) is 0 Å². The lowest BCUT2D eigenvalue weighted by Crippen LogP contribution is -2.04. The van der Waals surface area contributed by atoms with Crippen LogP contribution in [-0.2, 0) is 6.18 Å². The molecule has 1 rings (SSSR count). The van der Waals surface area contributed by atoms with Gasteiger partial charge < -0.3 is 0 Å². The number of alkyl halides is 3. The van der Waals surface area contributed by atoms with Gasteiger partial charge in [-0.2, -0.15) is 13.2 Å². The summed E-state index contributed by atoms with van der Waals surface area (Å²) in [5.74, 6) is 0. The van der Waals surface area contributed by atoms with Crippen molar-refractivity contribution in [1.82, 2.24) is 0 Å². The predicted molar refractivity (Wildman–Crippen MR) is 50.2 cm³/mol. The van der Waals surface area contributed by atoms with E-state index in [0.717, 1.165) is 6.07 Å². The Morgan fingerprint density at radius 2 is 1.71 bits per heavy atom. The van der Waals surface area contributed by atoms with Gasteiger partial charge in [0.1, 0.15) is 0 Å². The van der Waals surface area contributed by atoms with Gasteiger partial charge in [-0.1, -0.05) is 12.1 Å². The van der Waals surface area contributed by atoms with Crippen LogP contribution >= 0.6 is 23.2 Å². The number of rotatable bonds is 1. The van der Waals surface area contributed by atoms with Gasteiger partial charge >= 0.3 is 6.18 Å². The van der Waals surface area contributed by atoms with Crippen LogP contribution in [0, 0.1) is 0 Å². The maximum absolute atomic E-state index is 12.3. The van der Waals surface area contributed by atoms with E-state index < -0.39 is 16.4 Å². The van der Waals surface area contributed by atoms with Crippen LogP contribution in [0.3, 0.4) is 0 Å². The third-order valence-corrected chi connectivity index (χ3v) is 1.58. The molecule has 0 saturated heterocycles. The van der Waals surface area contributed by atoms with Crippen LogP contribution < -0.4 is 0 Å². The van der Waals surface area contributed by atoms with Gasteiger partial charge in [-0.25, -0.2) is 4.99 Å². The Morgan fingerprint density at radius 3 is 2.21 bits per heavy atom. The molecule has 0 fully saturated rings. The van der Waals surface area contributed by atoms with Gasteiger partial charge in [0, 0.05) is 0 Å². The standard InChI is InChI=1S/C8H4Cl2F3N/c9-7(10)14-6-4-2-1-3-5(6)8(11,12)13/h1-4H. The summed E-state index contributed by atoms with van der Waals surface area (Å²) in [7, 11) is 0. The minimum atomic E-state index is -4.46. The molecule has 0 aliphatic carbocycles. The fraction of sp³-hybridized carbons (Fsp3) is 0.125. The van der Waals surface area contributed by atoms with Gasteiger partial charge in [-0.05, 0) is 35.3 Å². The summed E-state index contributed by atoms with van der Waals surface area (Å²) in [6.07, 6.45) is -4.46. The van der Waals surface area contributed by atoms with Gasteiger partial charge in [0.25, 0.3) is 0 Å². The molecule has 0 aliphatic heterocycles. The molecule has 1 aromatic rings. The summed E-state index contributed by atoms with van der Waals surface area (Å²) in [5, 5.41) is 0. The first kappa shape index (κ1) is 11.3. The van der Waals surface area contributed by atoms with E-state index in [1.165, 1.54) is 18.2 Å². The number of nitrogens with zero attached hydrogens (tertiary/aromatic N) is 1. The summed E-state index contributed by atoms with van der Waals surface area (Å²) in [4.78, 5) is 3.35. The fourth-order valence-corrected chi connectivity index (χ4v) is 1.08. The Morgan fingerprint density at radius 1 is 1.14 bits per heavy atom. The van der Waals surface area contributed by atoms with Crippen LogP contribution in [0.4, 0.5) is 18.9 Å². The molecule has 1 aromatic carbocycles. The molecule has 0 unspecified atom stereocenters. The first-order valence-corrected chi connectivity index (χ1v) is 4.23. The molecule has 0 saturated carbocycles. The monoisotopic (exact) mass is 241 g/mol. The van der Waals surface area contributed by atoms with Crippen molar-refractivity contribution in [1.29, 1.82) is 0 Å². The maximum Gasteiger partial charge on any atom is 0.418 e. The lowest BCUT2D eigenvalue weighted by atomic mass is 10.2. The molecule has 0 aliphatic rings. The molecule has 0 amide bonds. The topological polar surface area (TPSA) is 12.4 Å². The van der Waals surface area contributed by atoms with Crippen molar-refractivity contribution < 1.29 is 13.2 Å². The van der Waals surface area contributed by atoms with Crippen molar-refractivity contribution >= 4 is 33.5 Å². The smallest absolute Gasteiger partial charge is 0.225 e. The molecule has 0 aromatic heterocycles. The average molecular weight is 242 g/mol. The van der Waals surface area contributed by atoms with Crippen molar-refractivity contribution in [2.45, 2.75) is 6.18 Å². The van der Waals surface area contributed by atoms with Crippen LogP contribution in [0.25, 0.3) is 0 Å². The zero-order valence-electron chi connectivity index (χ0n) is 6.65. The second-order valence-electron chi connectivity index (χ2n) is 2.37. The Labute approximate surface area is 88.2 Å². The zero-order valence-corrected chi connectivity index (χ0v) is 8.16. The molecule has 0 radical (unpaired) electrons. The first-order valence-electron chi connectivity index (χ1n) is 3.47. The van der Waals surface area contributed by atoms with Gasteiger partial charge in [0.2, 0.25) is 0 Å². The van der Waals surface area contributed by atoms with Gasteiger partial charge in [-0.15, -0.1) is 0 Å². The minimum Gasteiger partial charge on any atom is -0.225 e. The van der Waals surface area contributed by atoms with Gasteiger partial charge in [0.05, 0.1) is 11.3 Å². The van der Waals surface area contributed by atoms with Gasteiger partial charge in [0.15, 0.2) is 4.63 Å². The van der Waals surface area contributed by atoms with E-state index in [2.05, 4.69) is 4.99 Å². The number of hydrogen-bond donors (Lipinski definition) is 0. The van der Waals surface area contributed by atoms with Crippen molar-refractivity contribution in [3.63, 3.8) is 0 Å². The second-order valence-corrected chi connectivity index (χ2v) is 3.28. The molecule has 0 bridgehead atoms. The normalized spacial score (nSPS) is 11.2. The number of benzene rings is 1. The van der Waals surface area contributed by atoms with E-state index in [4.69, 9.17) is 23.2 Å². The van der Waals surface area contributed by atoms with E-state index in [9.17, 15) is 13.2 Å². The number of aliphatic imine (C=N–C) groups is 1. The minimum absolute atomic E-state index is 0.292. The van der Waals surface area contributed by atoms with Crippen molar-refractivity contribution in [3.05, 3.63) is 29.8 Å². The third-order valence-electron chi connectivity index (χ3n) is 1.41. The Hall–Kier alpha value is -0.740. The van der Waals surface area contributed by atoms with E-state index in [0.29, 0.717) is 0 Å². The molecule has 6 heteroatoms. The highest BCUT2D eigenvalue weighted by Crippen LogP contribution is 2.36. The van der Waals surface area contributed by atoms with Crippen molar-refractivity contribution in [2.24, 2.45) is 4.99 Å². The summed E-state index contributed by atoms with van der Waals surface area (Å²) in [6.45, 7) is 0. The number of para-hydroxylation sites is 1. The molecule has 0 atom stereocenters. The summed E-state index contributed by atoms with van der Waals surface area (Å²) in [6, 6.07) is 4.79. The molecule has 0 N–H and O–H groups in total. The largest absolute Gasteiger partial charge is 0.418 e. The molecule has 0 spiro atoms. The highest BCUT2D eigenvalue weighted by molar-refractivity contribution is 6.95. The summed E-state index contributed by atoms with van der Waals surface area (Å²) < 4.78 is 36.6. The van der Waals surface area contributed by atoms with Crippen LogP contribution in [0.1, 0.15) is 5.56 Å². The molecule has 14 heavy (non-hydrogen) atoms. The third kappa shape index (κ3) is 2.89. The predicted octanol–water partition coefficient (Wildman–Crippen LogP) is 4.17. The SMILES string of the molecule is FC(F)(F)c1ccccc1N=C(Cl)Cl. The van der Waals surface area contributed by atoms with E-state index in [1.807, 2.05) is 0 Å². The van der Waals surface area contributed by atoms with Crippen molar-refractivity contribution in [3.8, 4) is 0 Å². The zero-order chi connectivity index (χ0) is 10.8. The molecule has 1 nitrogen and oxygen atoms in total. The average Bonchev–Trinajstić information content (AvgIpc) is 2.01. The highest BCUT2D eigenvalue weighted by atomic mass is 35.5. The van der Waals surface area contributed by atoms with Crippen LogP contribution in [0.15, 0.2) is 29.3 Å². The fourth-order valence-electron chi connectivity index (χ4n) is 0.902. The van der Waals surface area contributed by atoms with E-state index >= 15 is 0 Å². The Bertz CT molecular complexity index is 356. The van der Waals surface area contributed by atoms with Crippen molar-refractivity contribution in [2.75, 3.05) is 0 Å². The van der Waals surface area contributed by atoms with Crippen LogP contribution in [0.2, 0.25) is 0 Å².